The molecule has 15 heavy (non-hydrogen) atoms. The largest absolute Gasteiger partial charge is 0.380 e. The van der Waals surface area contributed by atoms with Gasteiger partial charge in [0.15, 0.2) is 0 Å². The van der Waals surface area contributed by atoms with Gasteiger partial charge < -0.3 is 15.0 Å². The van der Waals surface area contributed by atoms with Crippen molar-refractivity contribution in [2.24, 2.45) is 5.92 Å². The maximum absolute atomic E-state index is 5.32. The van der Waals surface area contributed by atoms with Crippen molar-refractivity contribution in [3.63, 3.8) is 0 Å². The van der Waals surface area contributed by atoms with Crippen LogP contribution in [-0.2, 0) is 4.74 Å². The molecule has 0 radical (unpaired) electrons. The lowest BCUT2D eigenvalue weighted by molar-refractivity contribution is 0.144. The van der Waals surface area contributed by atoms with E-state index in [-0.39, 0.29) is 0 Å². The van der Waals surface area contributed by atoms with E-state index in [2.05, 4.69) is 38.2 Å². The van der Waals surface area contributed by atoms with Gasteiger partial charge in [0.1, 0.15) is 0 Å². The van der Waals surface area contributed by atoms with Crippen LogP contribution in [0.3, 0.4) is 0 Å². The average Bonchev–Trinajstić information content (AvgIpc) is 2.10. The summed E-state index contributed by atoms with van der Waals surface area (Å²) in [6, 6.07) is 0.584. The summed E-state index contributed by atoms with van der Waals surface area (Å²) >= 11 is 0. The van der Waals surface area contributed by atoms with Crippen molar-refractivity contribution >= 4 is 0 Å². The Bertz CT molecular complexity index is 128. The van der Waals surface area contributed by atoms with Crippen molar-refractivity contribution in [2.45, 2.75) is 33.2 Å². The minimum absolute atomic E-state index is 0.584. The minimum atomic E-state index is 0.584. The number of hydrogen-bond donors (Lipinski definition) is 1. The number of ether oxygens (including phenoxy) is 1. The summed E-state index contributed by atoms with van der Waals surface area (Å²) in [5.74, 6) is 0.745. The Balaban J connectivity index is 3.69. The van der Waals surface area contributed by atoms with Gasteiger partial charge in [0.05, 0.1) is 6.61 Å². The molecular weight excluding hydrogens is 188 g/mol. The van der Waals surface area contributed by atoms with E-state index >= 15 is 0 Å². The lowest BCUT2D eigenvalue weighted by Crippen LogP contribution is -2.40. The monoisotopic (exact) mass is 216 g/mol. The highest BCUT2D eigenvalue weighted by Crippen LogP contribution is 2.05. The molecule has 92 valence electrons. The fourth-order valence-corrected chi connectivity index (χ4v) is 1.71. The minimum Gasteiger partial charge on any atom is -0.380 e. The fourth-order valence-electron chi connectivity index (χ4n) is 1.71. The molecule has 0 aromatic heterocycles. The van der Waals surface area contributed by atoms with Crippen LogP contribution in [0.4, 0.5) is 0 Å². The van der Waals surface area contributed by atoms with E-state index in [9.17, 15) is 0 Å². The molecule has 0 aromatic carbocycles. The molecule has 3 heteroatoms. The number of nitrogens with zero attached hydrogens (tertiary/aromatic N) is 1. The molecule has 3 nitrogen and oxygen atoms in total. The molecule has 1 N–H and O–H groups in total. The summed E-state index contributed by atoms with van der Waals surface area (Å²) in [6.45, 7) is 10.3. The predicted octanol–water partition coefficient (Wildman–Crippen LogP) is 1.59. The smallest absolute Gasteiger partial charge is 0.0590 e. The van der Waals surface area contributed by atoms with Crippen LogP contribution in [0, 0.1) is 5.92 Å². The summed E-state index contributed by atoms with van der Waals surface area (Å²) in [7, 11) is 4.25. The lowest BCUT2D eigenvalue weighted by atomic mass is 10.0. The molecule has 0 rings (SSSR count). The van der Waals surface area contributed by atoms with E-state index < -0.39 is 0 Å². The van der Waals surface area contributed by atoms with Crippen molar-refractivity contribution in [2.75, 3.05) is 40.4 Å². The standard InChI is InChI=1S/C12H28N2O/c1-6-15-8-7-13-12(9-11(2)3)10-14(4)5/h11-13H,6-10H2,1-5H3. The molecule has 0 heterocycles. The second-order valence-corrected chi connectivity index (χ2v) is 4.74. The van der Waals surface area contributed by atoms with Gasteiger partial charge in [-0.3, -0.25) is 0 Å². The lowest BCUT2D eigenvalue weighted by Gasteiger charge is -2.24. The molecule has 0 aliphatic carbocycles. The van der Waals surface area contributed by atoms with Crippen LogP contribution in [0.2, 0.25) is 0 Å². The van der Waals surface area contributed by atoms with Crippen LogP contribution >= 0.6 is 0 Å². The molecule has 0 spiro atoms. The second-order valence-electron chi connectivity index (χ2n) is 4.74. The van der Waals surface area contributed by atoms with Crippen molar-refractivity contribution in [1.29, 1.82) is 0 Å². The Hall–Kier alpha value is -0.120. The van der Waals surface area contributed by atoms with E-state index in [1.807, 2.05) is 6.92 Å². The van der Waals surface area contributed by atoms with Gasteiger partial charge in [0.2, 0.25) is 0 Å². The highest BCUT2D eigenvalue weighted by atomic mass is 16.5. The van der Waals surface area contributed by atoms with Crippen LogP contribution in [0.5, 0.6) is 0 Å². The van der Waals surface area contributed by atoms with Gasteiger partial charge in [0, 0.05) is 25.7 Å². The summed E-state index contributed by atoms with van der Waals surface area (Å²) in [5.41, 5.74) is 0. The van der Waals surface area contributed by atoms with E-state index in [0.717, 1.165) is 32.2 Å². The molecule has 0 saturated heterocycles. The number of rotatable bonds is 9. The normalized spacial score (nSPS) is 13.8. The first-order chi connectivity index (χ1) is 7.06. The van der Waals surface area contributed by atoms with Crippen molar-refractivity contribution in [1.82, 2.24) is 10.2 Å². The van der Waals surface area contributed by atoms with Gasteiger partial charge in [-0.25, -0.2) is 0 Å². The molecule has 0 bridgehead atoms. The van der Waals surface area contributed by atoms with E-state index in [0.29, 0.717) is 6.04 Å². The maximum Gasteiger partial charge on any atom is 0.0590 e. The molecule has 0 aliphatic rings. The SMILES string of the molecule is CCOCCNC(CC(C)C)CN(C)C. The Morgan fingerprint density at radius 1 is 1.27 bits per heavy atom. The van der Waals surface area contributed by atoms with Crippen LogP contribution in [0.15, 0.2) is 0 Å². The fraction of sp³-hybridized carbons (Fsp3) is 1.00. The zero-order valence-electron chi connectivity index (χ0n) is 11.0. The van der Waals surface area contributed by atoms with Gasteiger partial charge in [-0.2, -0.15) is 0 Å². The predicted molar refractivity (Wildman–Crippen MR) is 66.3 cm³/mol. The van der Waals surface area contributed by atoms with E-state index in [1.165, 1.54) is 6.42 Å². The zero-order valence-corrected chi connectivity index (χ0v) is 11.0. The Morgan fingerprint density at radius 3 is 2.40 bits per heavy atom. The second kappa shape index (κ2) is 9.13. The van der Waals surface area contributed by atoms with Gasteiger partial charge in [-0.05, 0) is 33.4 Å². The Kier molecular flexibility index (Phi) is 9.06. The molecule has 1 unspecified atom stereocenters. The van der Waals surface area contributed by atoms with E-state index in [4.69, 9.17) is 4.74 Å². The topological polar surface area (TPSA) is 24.5 Å². The molecule has 0 amide bonds. The van der Waals surface area contributed by atoms with Crippen molar-refractivity contribution in [3.05, 3.63) is 0 Å². The highest BCUT2D eigenvalue weighted by Gasteiger charge is 2.10. The molecular formula is C12H28N2O. The summed E-state index contributed by atoms with van der Waals surface area (Å²) in [5, 5.41) is 3.55. The third-order valence-electron chi connectivity index (χ3n) is 2.22. The first-order valence-corrected chi connectivity index (χ1v) is 6.02. The first kappa shape index (κ1) is 14.9. The van der Waals surface area contributed by atoms with Gasteiger partial charge >= 0.3 is 0 Å². The third-order valence-corrected chi connectivity index (χ3v) is 2.22. The van der Waals surface area contributed by atoms with Gasteiger partial charge in [-0.15, -0.1) is 0 Å². The molecule has 0 aromatic rings. The maximum atomic E-state index is 5.32. The van der Waals surface area contributed by atoms with E-state index in [1.54, 1.807) is 0 Å². The molecule has 0 fully saturated rings. The molecule has 0 saturated carbocycles. The van der Waals surface area contributed by atoms with Gasteiger partial charge in [0.25, 0.3) is 0 Å². The first-order valence-electron chi connectivity index (χ1n) is 6.02. The quantitative estimate of drug-likeness (QED) is 0.592. The third kappa shape index (κ3) is 10.2. The Morgan fingerprint density at radius 2 is 1.93 bits per heavy atom. The van der Waals surface area contributed by atoms with Crippen LogP contribution in [0.1, 0.15) is 27.2 Å². The average molecular weight is 216 g/mol. The van der Waals surface area contributed by atoms with Crippen molar-refractivity contribution in [3.8, 4) is 0 Å². The Labute approximate surface area is 95.2 Å². The van der Waals surface area contributed by atoms with Gasteiger partial charge in [-0.1, -0.05) is 13.8 Å². The highest BCUT2D eigenvalue weighted by molar-refractivity contribution is 4.70. The molecule has 1 atom stereocenters. The summed E-state index contributed by atoms with van der Waals surface area (Å²) in [6.07, 6.45) is 1.23. The van der Waals surface area contributed by atoms with Crippen LogP contribution in [0.25, 0.3) is 0 Å². The van der Waals surface area contributed by atoms with Crippen LogP contribution in [-0.4, -0.2) is 51.3 Å². The summed E-state index contributed by atoms with van der Waals surface area (Å²) in [4.78, 5) is 2.24. The number of hydrogen-bond acceptors (Lipinski definition) is 3. The number of likely N-dealkylation sites (N-methyl/N-ethyl adjacent to an activating group) is 1. The summed E-state index contributed by atoms with van der Waals surface area (Å²) < 4.78 is 5.32. The van der Waals surface area contributed by atoms with Crippen LogP contribution < -0.4 is 5.32 Å². The molecule has 0 aliphatic heterocycles. The van der Waals surface area contributed by atoms with Crippen molar-refractivity contribution < 1.29 is 4.74 Å². The zero-order chi connectivity index (χ0) is 11.7. The number of nitrogens with one attached hydrogen (secondary N) is 1.